The average Bonchev–Trinajstić information content (AvgIpc) is 2.78. The van der Waals surface area contributed by atoms with Crippen molar-refractivity contribution in [1.82, 2.24) is 4.90 Å². The minimum Gasteiger partial charge on any atom is -0.299 e. The van der Waals surface area contributed by atoms with E-state index < -0.39 is 0 Å². The summed E-state index contributed by atoms with van der Waals surface area (Å²) in [5.74, 6) is 1.62. The topological polar surface area (TPSA) is 3.24 Å². The highest BCUT2D eigenvalue weighted by atomic mass is 15.2. The highest BCUT2D eigenvalue weighted by Crippen LogP contribution is 2.42. The van der Waals surface area contributed by atoms with Gasteiger partial charge in [0.05, 0.1) is 0 Å². The molecule has 15 heavy (non-hydrogen) atoms. The van der Waals surface area contributed by atoms with E-state index in [0.29, 0.717) is 0 Å². The zero-order chi connectivity index (χ0) is 10.3. The van der Waals surface area contributed by atoms with Crippen molar-refractivity contribution in [3.05, 3.63) is 35.9 Å². The lowest BCUT2D eigenvalue weighted by Crippen LogP contribution is -2.25. The van der Waals surface area contributed by atoms with Gasteiger partial charge in [-0.3, -0.25) is 4.90 Å². The summed E-state index contributed by atoms with van der Waals surface area (Å²) in [5.41, 5.74) is 1.56. The maximum absolute atomic E-state index is 2.70. The molecule has 1 nitrogen and oxygen atoms in total. The van der Waals surface area contributed by atoms with Crippen LogP contribution in [0.3, 0.4) is 0 Å². The van der Waals surface area contributed by atoms with Crippen LogP contribution in [-0.4, -0.2) is 24.0 Å². The Hall–Kier alpha value is -0.820. The molecule has 0 radical (unpaired) electrons. The molecular formula is C14H19N. The van der Waals surface area contributed by atoms with Gasteiger partial charge >= 0.3 is 0 Å². The van der Waals surface area contributed by atoms with Crippen LogP contribution >= 0.6 is 0 Å². The van der Waals surface area contributed by atoms with Gasteiger partial charge in [-0.15, -0.1) is 0 Å². The van der Waals surface area contributed by atoms with Crippen molar-refractivity contribution in [3.63, 3.8) is 0 Å². The Bertz CT molecular complexity index is 332. The van der Waals surface area contributed by atoms with Crippen LogP contribution in [0.4, 0.5) is 0 Å². The molecule has 0 aromatic heterocycles. The van der Waals surface area contributed by atoms with Crippen LogP contribution in [-0.2, 0) is 0 Å². The summed E-state index contributed by atoms with van der Waals surface area (Å²) in [6, 6.07) is 11.9. The van der Waals surface area contributed by atoms with E-state index in [-0.39, 0.29) is 0 Å². The van der Waals surface area contributed by atoms with E-state index >= 15 is 0 Å². The third-order valence-electron chi connectivity index (χ3n) is 4.15. The van der Waals surface area contributed by atoms with Gasteiger partial charge in [-0.1, -0.05) is 37.3 Å². The van der Waals surface area contributed by atoms with E-state index in [4.69, 9.17) is 0 Å². The first-order chi connectivity index (χ1) is 7.36. The van der Waals surface area contributed by atoms with Crippen LogP contribution < -0.4 is 0 Å². The fourth-order valence-corrected chi connectivity index (χ4v) is 3.57. The van der Waals surface area contributed by atoms with Crippen LogP contribution in [0.1, 0.15) is 31.2 Å². The van der Waals surface area contributed by atoms with Gasteiger partial charge in [-0.2, -0.15) is 0 Å². The predicted octanol–water partition coefficient (Wildman–Crippen LogP) is 2.88. The molecule has 0 saturated carbocycles. The summed E-state index contributed by atoms with van der Waals surface area (Å²) >= 11 is 0. The zero-order valence-corrected chi connectivity index (χ0v) is 9.39. The Morgan fingerprint density at radius 1 is 1.20 bits per heavy atom. The molecule has 0 spiro atoms. The number of hydrogen-bond acceptors (Lipinski definition) is 1. The highest BCUT2D eigenvalue weighted by Gasteiger charge is 2.42. The third kappa shape index (κ3) is 1.50. The Labute approximate surface area is 92.1 Å². The zero-order valence-electron chi connectivity index (χ0n) is 9.39. The summed E-state index contributed by atoms with van der Waals surface area (Å²) in [7, 11) is 0. The fraction of sp³-hybridized carbons (Fsp3) is 0.571. The lowest BCUT2D eigenvalue weighted by atomic mass is 9.84. The van der Waals surface area contributed by atoms with Gasteiger partial charge in [0.2, 0.25) is 0 Å². The molecule has 2 fully saturated rings. The van der Waals surface area contributed by atoms with Crippen molar-refractivity contribution in [2.24, 2.45) is 5.92 Å². The molecule has 2 heterocycles. The molecule has 2 aliphatic rings. The van der Waals surface area contributed by atoms with Gasteiger partial charge in [-0.25, -0.2) is 0 Å². The second-order valence-corrected chi connectivity index (χ2v) is 5.12. The molecule has 2 saturated heterocycles. The van der Waals surface area contributed by atoms with Crippen LogP contribution in [0.25, 0.3) is 0 Å². The quantitative estimate of drug-likeness (QED) is 0.675. The second-order valence-electron chi connectivity index (χ2n) is 5.12. The summed E-state index contributed by atoms with van der Waals surface area (Å²) in [6.45, 7) is 5.05. The number of nitrogens with zero attached hydrogens (tertiary/aromatic N) is 1. The van der Waals surface area contributed by atoms with Crippen molar-refractivity contribution in [3.8, 4) is 0 Å². The van der Waals surface area contributed by atoms with Crippen LogP contribution in [0.5, 0.6) is 0 Å². The van der Waals surface area contributed by atoms with Crippen molar-refractivity contribution in [2.45, 2.75) is 31.7 Å². The smallest absolute Gasteiger partial charge is 0.0168 e. The number of rotatable bonds is 1. The molecule has 0 aliphatic carbocycles. The predicted molar refractivity (Wildman–Crippen MR) is 62.9 cm³/mol. The van der Waals surface area contributed by atoms with E-state index in [0.717, 1.165) is 17.9 Å². The molecule has 0 bridgehead atoms. The SMILES string of the molecule is C[C@H]1CN2CCC[C@@H]2[C@H]1c1ccccc1. The maximum Gasteiger partial charge on any atom is 0.0168 e. The molecule has 1 aromatic carbocycles. The lowest BCUT2D eigenvalue weighted by molar-refractivity contribution is 0.312. The minimum absolute atomic E-state index is 0.786. The first-order valence-corrected chi connectivity index (χ1v) is 6.15. The summed E-state index contributed by atoms with van der Waals surface area (Å²) in [6.07, 6.45) is 2.81. The lowest BCUT2D eigenvalue weighted by Gasteiger charge is -2.22. The molecule has 0 N–H and O–H groups in total. The molecular weight excluding hydrogens is 182 g/mol. The molecule has 80 valence electrons. The van der Waals surface area contributed by atoms with Crippen molar-refractivity contribution >= 4 is 0 Å². The van der Waals surface area contributed by atoms with Crippen molar-refractivity contribution < 1.29 is 0 Å². The standard InChI is InChI=1S/C14H19N/c1-11-10-15-9-5-8-13(15)14(11)12-6-3-2-4-7-12/h2-4,6-7,11,13-14H,5,8-10H2,1H3/t11-,13+,14+/m0/s1. The summed E-state index contributed by atoms with van der Waals surface area (Å²) in [5, 5.41) is 0. The van der Waals surface area contributed by atoms with Crippen molar-refractivity contribution in [2.75, 3.05) is 13.1 Å². The monoisotopic (exact) mass is 201 g/mol. The number of hydrogen-bond donors (Lipinski definition) is 0. The minimum atomic E-state index is 0.786. The molecule has 1 heteroatoms. The Balaban J connectivity index is 1.91. The van der Waals surface area contributed by atoms with Gasteiger partial charge in [0.1, 0.15) is 0 Å². The van der Waals surface area contributed by atoms with Gasteiger partial charge in [0.15, 0.2) is 0 Å². The fourth-order valence-electron chi connectivity index (χ4n) is 3.57. The summed E-state index contributed by atoms with van der Waals surface area (Å²) < 4.78 is 0. The Morgan fingerprint density at radius 2 is 2.00 bits per heavy atom. The van der Waals surface area contributed by atoms with E-state index in [1.165, 1.54) is 25.9 Å². The first kappa shape index (κ1) is 9.41. The Morgan fingerprint density at radius 3 is 2.80 bits per heavy atom. The molecule has 0 unspecified atom stereocenters. The van der Waals surface area contributed by atoms with E-state index in [1.54, 1.807) is 5.56 Å². The van der Waals surface area contributed by atoms with E-state index in [2.05, 4.69) is 42.2 Å². The van der Waals surface area contributed by atoms with Gasteiger partial charge < -0.3 is 0 Å². The largest absolute Gasteiger partial charge is 0.299 e. The van der Waals surface area contributed by atoms with Crippen LogP contribution in [0.15, 0.2) is 30.3 Å². The molecule has 3 atom stereocenters. The van der Waals surface area contributed by atoms with E-state index in [1.807, 2.05) is 0 Å². The van der Waals surface area contributed by atoms with Crippen LogP contribution in [0.2, 0.25) is 0 Å². The van der Waals surface area contributed by atoms with Crippen LogP contribution in [0, 0.1) is 5.92 Å². The average molecular weight is 201 g/mol. The first-order valence-electron chi connectivity index (χ1n) is 6.15. The third-order valence-corrected chi connectivity index (χ3v) is 4.15. The van der Waals surface area contributed by atoms with Gasteiger partial charge in [0, 0.05) is 18.5 Å². The number of fused-ring (bicyclic) bond motifs is 1. The molecule has 2 aliphatic heterocycles. The van der Waals surface area contributed by atoms with Gasteiger partial charge in [-0.05, 0) is 30.9 Å². The molecule has 1 aromatic rings. The van der Waals surface area contributed by atoms with E-state index in [9.17, 15) is 0 Å². The second kappa shape index (κ2) is 3.64. The normalized spacial score (nSPS) is 35.7. The summed E-state index contributed by atoms with van der Waals surface area (Å²) in [4.78, 5) is 2.70. The maximum atomic E-state index is 2.70. The highest BCUT2D eigenvalue weighted by molar-refractivity contribution is 5.24. The Kier molecular flexibility index (Phi) is 2.28. The molecule has 3 rings (SSSR count). The van der Waals surface area contributed by atoms with Crippen molar-refractivity contribution in [1.29, 1.82) is 0 Å². The molecule has 0 amide bonds. The number of benzene rings is 1. The van der Waals surface area contributed by atoms with Gasteiger partial charge in [0.25, 0.3) is 0 Å².